The van der Waals surface area contributed by atoms with Gasteiger partial charge in [0.05, 0.1) is 11.6 Å². The normalized spacial score (nSPS) is 16.4. The maximum atomic E-state index is 13.5. The van der Waals surface area contributed by atoms with E-state index in [0.29, 0.717) is 18.4 Å². The maximum absolute atomic E-state index is 13.5. The van der Waals surface area contributed by atoms with Gasteiger partial charge in [0.2, 0.25) is 0 Å². The lowest BCUT2D eigenvalue weighted by atomic mass is 10.1. The van der Waals surface area contributed by atoms with Crippen molar-refractivity contribution in [2.24, 2.45) is 11.8 Å². The Morgan fingerprint density at radius 3 is 2.47 bits per heavy atom. The number of hydrogen-bond donors (Lipinski definition) is 1. The van der Waals surface area contributed by atoms with E-state index >= 15 is 0 Å². The fourth-order valence-corrected chi connectivity index (χ4v) is 1.90. The lowest BCUT2D eigenvalue weighted by Gasteiger charge is -2.13. The van der Waals surface area contributed by atoms with E-state index in [9.17, 15) is 8.78 Å². The molecule has 2 rings (SSSR count). The Balaban J connectivity index is 2.07. The van der Waals surface area contributed by atoms with Gasteiger partial charge in [-0.2, -0.15) is 5.26 Å². The van der Waals surface area contributed by atoms with Gasteiger partial charge >= 0.3 is 0 Å². The number of rotatable bonds is 4. The summed E-state index contributed by atoms with van der Waals surface area (Å²) in [4.78, 5) is 0. The molecule has 4 heteroatoms. The van der Waals surface area contributed by atoms with Crippen molar-refractivity contribution in [3.8, 4) is 6.07 Å². The van der Waals surface area contributed by atoms with Crippen LogP contribution in [0, 0.1) is 34.8 Å². The van der Waals surface area contributed by atoms with E-state index in [-0.39, 0.29) is 11.3 Å². The molecule has 1 aromatic rings. The Hall–Kier alpha value is -1.63. The Morgan fingerprint density at radius 2 is 2.00 bits per heavy atom. The van der Waals surface area contributed by atoms with Crippen LogP contribution < -0.4 is 5.32 Å². The monoisotopic (exact) mass is 236 g/mol. The van der Waals surface area contributed by atoms with Gasteiger partial charge < -0.3 is 5.32 Å². The third-order valence-electron chi connectivity index (χ3n) is 3.20. The van der Waals surface area contributed by atoms with Gasteiger partial charge in [0.15, 0.2) is 11.6 Å². The van der Waals surface area contributed by atoms with Gasteiger partial charge in [-0.05, 0) is 36.8 Å². The van der Waals surface area contributed by atoms with Gasteiger partial charge in [0.1, 0.15) is 5.69 Å². The van der Waals surface area contributed by atoms with Gasteiger partial charge in [-0.3, -0.25) is 0 Å². The van der Waals surface area contributed by atoms with Crippen molar-refractivity contribution in [3.05, 3.63) is 29.3 Å². The zero-order valence-corrected chi connectivity index (χ0v) is 9.63. The molecule has 1 atom stereocenters. The zero-order chi connectivity index (χ0) is 12.4. The Bertz CT molecular complexity index is 438. The minimum absolute atomic E-state index is 0.000733. The molecule has 1 N–H and O–H groups in total. The minimum atomic E-state index is -0.704. The topological polar surface area (TPSA) is 35.8 Å². The fourth-order valence-electron chi connectivity index (χ4n) is 1.90. The molecule has 1 aliphatic carbocycles. The molecule has 0 saturated heterocycles. The summed E-state index contributed by atoms with van der Waals surface area (Å²) in [6, 6.07) is 3.82. The lowest BCUT2D eigenvalue weighted by molar-refractivity contribution is 0.528. The number of anilines is 1. The van der Waals surface area contributed by atoms with Crippen LogP contribution >= 0.6 is 0 Å². The fraction of sp³-hybridized carbons (Fsp3) is 0.462. The molecule has 0 heterocycles. The summed E-state index contributed by atoms with van der Waals surface area (Å²) in [6.45, 7) is 2.63. The summed E-state index contributed by atoms with van der Waals surface area (Å²) >= 11 is 0. The third kappa shape index (κ3) is 2.73. The van der Waals surface area contributed by atoms with Gasteiger partial charge in [-0.1, -0.05) is 6.92 Å². The molecular formula is C13H14F2N2. The van der Waals surface area contributed by atoms with Gasteiger partial charge in [-0.15, -0.1) is 0 Å². The van der Waals surface area contributed by atoms with Crippen LogP contribution in [-0.2, 0) is 0 Å². The Kier molecular flexibility index (Phi) is 3.28. The molecule has 0 spiro atoms. The van der Waals surface area contributed by atoms with Crippen molar-refractivity contribution in [1.29, 1.82) is 5.26 Å². The van der Waals surface area contributed by atoms with Crippen molar-refractivity contribution >= 4 is 5.69 Å². The van der Waals surface area contributed by atoms with Crippen molar-refractivity contribution < 1.29 is 8.78 Å². The molecule has 1 aliphatic rings. The predicted octanol–water partition coefficient (Wildman–Crippen LogP) is 3.29. The van der Waals surface area contributed by atoms with E-state index in [1.54, 1.807) is 6.07 Å². The summed E-state index contributed by atoms with van der Waals surface area (Å²) in [6.07, 6.45) is 2.42. The summed E-state index contributed by atoms with van der Waals surface area (Å²) < 4.78 is 27.0. The Morgan fingerprint density at radius 1 is 1.41 bits per heavy atom. The molecule has 0 radical (unpaired) electrons. The first-order valence-corrected chi connectivity index (χ1v) is 5.75. The van der Waals surface area contributed by atoms with E-state index in [4.69, 9.17) is 5.26 Å². The third-order valence-corrected chi connectivity index (χ3v) is 3.20. The van der Waals surface area contributed by atoms with Crippen molar-refractivity contribution in [1.82, 2.24) is 0 Å². The first-order chi connectivity index (χ1) is 8.11. The largest absolute Gasteiger partial charge is 0.380 e. The molecule has 0 amide bonds. The number of nitriles is 1. The lowest BCUT2D eigenvalue weighted by Crippen LogP contribution is -2.14. The molecule has 1 aromatic carbocycles. The number of hydrogen-bond acceptors (Lipinski definition) is 2. The highest BCUT2D eigenvalue weighted by Crippen LogP contribution is 2.36. The number of nitrogens with zero attached hydrogens (tertiary/aromatic N) is 1. The molecule has 1 saturated carbocycles. The van der Waals surface area contributed by atoms with E-state index < -0.39 is 11.6 Å². The molecule has 1 fully saturated rings. The molecule has 17 heavy (non-hydrogen) atoms. The highest BCUT2D eigenvalue weighted by atomic mass is 19.1. The Labute approximate surface area is 99.3 Å². The molecule has 0 aromatic heterocycles. The summed E-state index contributed by atoms with van der Waals surface area (Å²) in [5, 5.41) is 11.4. The first kappa shape index (κ1) is 11.8. The zero-order valence-electron chi connectivity index (χ0n) is 9.63. The average molecular weight is 236 g/mol. The van der Waals surface area contributed by atoms with Crippen molar-refractivity contribution in [2.45, 2.75) is 19.8 Å². The van der Waals surface area contributed by atoms with Crippen LogP contribution in [0.3, 0.4) is 0 Å². The molecular weight excluding hydrogens is 222 g/mol. The quantitative estimate of drug-likeness (QED) is 0.870. The van der Waals surface area contributed by atoms with Crippen molar-refractivity contribution in [2.75, 3.05) is 11.9 Å². The first-order valence-electron chi connectivity index (χ1n) is 5.75. The molecule has 0 aliphatic heterocycles. The van der Waals surface area contributed by atoms with E-state index in [1.165, 1.54) is 12.8 Å². The summed E-state index contributed by atoms with van der Waals surface area (Å²) in [5.74, 6) is -0.300. The molecule has 2 nitrogen and oxygen atoms in total. The van der Waals surface area contributed by atoms with E-state index in [0.717, 1.165) is 12.1 Å². The van der Waals surface area contributed by atoms with Crippen LogP contribution in [0.2, 0.25) is 0 Å². The van der Waals surface area contributed by atoms with Crippen LogP contribution in [0.5, 0.6) is 0 Å². The summed E-state index contributed by atoms with van der Waals surface area (Å²) in [7, 11) is 0. The van der Waals surface area contributed by atoms with E-state index in [2.05, 4.69) is 12.2 Å². The van der Waals surface area contributed by atoms with Crippen LogP contribution in [0.25, 0.3) is 0 Å². The number of halogens is 2. The number of nitrogens with one attached hydrogen (secondary N) is 1. The second kappa shape index (κ2) is 4.70. The average Bonchev–Trinajstić information content (AvgIpc) is 3.11. The van der Waals surface area contributed by atoms with Crippen LogP contribution in [0.1, 0.15) is 25.3 Å². The van der Waals surface area contributed by atoms with Crippen molar-refractivity contribution in [3.63, 3.8) is 0 Å². The standard InChI is InChI=1S/C13H14F2N2/c1-8(10-2-3-10)7-17-13-11(14)4-9(6-16)5-12(13)15/h4-5,8,10,17H,2-3,7H2,1H3. The molecule has 1 unspecified atom stereocenters. The number of benzene rings is 1. The van der Waals surface area contributed by atoms with Crippen LogP contribution in [0.4, 0.5) is 14.5 Å². The smallest absolute Gasteiger partial charge is 0.150 e. The second-order valence-electron chi connectivity index (χ2n) is 4.62. The van der Waals surface area contributed by atoms with E-state index in [1.807, 2.05) is 0 Å². The minimum Gasteiger partial charge on any atom is -0.380 e. The van der Waals surface area contributed by atoms with Crippen LogP contribution in [0.15, 0.2) is 12.1 Å². The second-order valence-corrected chi connectivity index (χ2v) is 4.62. The van der Waals surface area contributed by atoms with Gasteiger partial charge in [-0.25, -0.2) is 8.78 Å². The summed E-state index contributed by atoms with van der Waals surface area (Å²) in [5.41, 5.74) is -0.128. The SMILES string of the molecule is CC(CNc1c(F)cc(C#N)cc1F)C1CC1. The maximum Gasteiger partial charge on any atom is 0.150 e. The molecule has 90 valence electrons. The van der Waals surface area contributed by atoms with Crippen LogP contribution in [-0.4, -0.2) is 6.54 Å². The predicted molar refractivity (Wildman–Crippen MR) is 61.5 cm³/mol. The van der Waals surface area contributed by atoms with Gasteiger partial charge in [0.25, 0.3) is 0 Å². The highest BCUT2D eigenvalue weighted by Gasteiger charge is 2.27. The van der Waals surface area contributed by atoms with Gasteiger partial charge in [0, 0.05) is 6.54 Å². The molecule has 0 bridgehead atoms. The highest BCUT2D eigenvalue weighted by molar-refractivity contribution is 5.50.